The van der Waals surface area contributed by atoms with Gasteiger partial charge in [0.05, 0.1) is 55.4 Å². The van der Waals surface area contributed by atoms with Crippen LogP contribution in [-0.4, -0.2) is 88.2 Å². The maximum absolute atomic E-state index is 13.3. The molecule has 0 bridgehead atoms. The van der Waals surface area contributed by atoms with Crippen molar-refractivity contribution in [3.8, 4) is 17.2 Å². The Morgan fingerprint density at radius 1 is 0.896 bits per heavy atom. The number of carbonyl (C=O) groups is 3. The molecule has 1 aliphatic rings. The van der Waals surface area contributed by atoms with Gasteiger partial charge in [0.15, 0.2) is 27.7 Å². The Hall–Kier alpha value is -7.19. The smallest absolute Gasteiger partial charge is 0.323 e. The molecule has 0 radical (unpaired) electrons. The topological polar surface area (TPSA) is 224 Å². The van der Waals surface area contributed by atoms with Gasteiger partial charge in [0.1, 0.15) is 10.4 Å². The maximum Gasteiger partial charge on any atom is 0.323 e. The number of urea groups is 1. The lowest BCUT2D eigenvalue weighted by Gasteiger charge is -2.23. The number of rotatable bonds is 16. The number of nitrogens with zero attached hydrogens (tertiary/aromatic N) is 4. The number of aliphatic hydroxyl groups excluding tert-OH is 1. The van der Waals surface area contributed by atoms with Gasteiger partial charge in [-0.1, -0.05) is 29.0 Å². The van der Waals surface area contributed by atoms with Gasteiger partial charge in [0, 0.05) is 36.6 Å². The van der Waals surface area contributed by atoms with Crippen LogP contribution < -0.4 is 39.6 Å². The molecule has 0 saturated heterocycles. The number of fused-ring (bicyclic) bond motifs is 1. The van der Waals surface area contributed by atoms with Gasteiger partial charge in [-0.25, -0.2) is 18.2 Å². The molecule has 1 aliphatic carbocycles. The van der Waals surface area contributed by atoms with Crippen LogP contribution in [0.25, 0.3) is 10.2 Å². The van der Waals surface area contributed by atoms with Crippen LogP contribution in [0.15, 0.2) is 125 Å². The summed E-state index contributed by atoms with van der Waals surface area (Å²) in [6, 6.07) is 20.8. The molecule has 6 rings (SSSR count). The monoisotopic (exact) mass is 953 g/mol. The highest BCUT2D eigenvalue weighted by atomic mass is 32.2. The Bertz CT molecular complexity index is 2800. The fourth-order valence-corrected chi connectivity index (χ4v) is 8.05. The predicted octanol–water partition coefficient (Wildman–Crippen LogP) is 7.10. The van der Waals surface area contributed by atoms with E-state index in [9.17, 15) is 32.5 Å². The summed E-state index contributed by atoms with van der Waals surface area (Å²) in [4.78, 5) is 50.0. The molecule has 1 unspecified atom stereocenters. The molecule has 4 N–H and O–H groups in total. The number of carbonyl (C=O) groups excluding carboxylic acids is 3. The quantitative estimate of drug-likeness (QED) is 0.0257. The third-order valence-electron chi connectivity index (χ3n) is 9.83. The first-order chi connectivity index (χ1) is 31.9. The van der Waals surface area contributed by atoms with Crippen molar-refractivity contribution in [1.29, 1.82) is 0 Å². The van der Waals surface area contributed by atoms with E-state index >= 15 is 0 Å². The highest BCUT2D eigenvalue weighted by Gasteiger charge is 2.25. The average Bonchev–Trinajstić information content (AvgIpc) is 3.68. The summed E-state index contributed by atoms with van der Waals surface area (Å²) in [5.74, 6) is 0.0170. The first-order valence-electron chi connectivity index (χ1n) is 20.6. The zero-order valence-electron chi connectivity index (χ0n) is 38.4. The number of allylic oxidation sites excluding steroid dienone is 2. The van der Waals surface area contributed by atoms with E-state index < -0.39 is 39.8 Å². The van der Waals surface area contributed by atoms with E-state index in [2.05, 4.69) is 40.8 Å². The van der Waals surface area contributed by atoms with Crippen LogP contribution >= 0.6 is 11.3 Å². The normalized spacial score (nSPS) is 13.1. The number of likely N-dealkylation sites (N-methyl/N-ethyl adjacent to an activating group) is 1. The minimum Gasteiger partial charge on any atom is -0.743 e. The number of aromatic nitrogens is 1. The standard InChI is InChI=1S/C36H40N6O5.C10H11NO5S2.C2H4/c1-7-42(16-17-43)28-13-14-29(23(3)19-28)39-30-20-32(41-36(46)38-27-11-9-26(37-6)10-12-27)33(44)21-31(30)40-35(45)25(5)47-34-15-8-22(2)18-24(34)4;1-15-8-3-7-10(4-9(8)16-2)17-5-11(7)6-18(12,13)14;1-2/h8-15,18-21,25,43H,6-7,16-17H2,1-5H3,(H,40,45)(H2,38,41,46);3-5H,6H2,1-2H3;1-2H2. The van der Waals surface area contributed by atoms with Crippen LogP contribution in [0, 0.1) is 20.8 Å². The van der Waals surface area contributed by atoms with Crippen LogP contribution in [0.2, 0.25) is 0 Å². The molecular weight excluding hydrogens is 899 g/mol. The molecular formula is C48H55N7O10S2. The number of aryl methyl sites for hydroxylation is 3. The van der Waals surface area contributed by atoms with E-state index in [4.69, 9.17) is 19.2 Å². The number of benzene rings is 4. The second kappa shape index (κ2) is 24.4. The number of hydrogen-bond acceptors (Lipinski definition) is 14. The molecule has 4 aromatic carbocycles. The molecule has 19 heteroatoms. The molecule has 5 aromatic rings. The molecule has 17 nitrogen and oxygen atoms in total. The lowest BCUT2D eigenvalue weighted by Crippen LogP contribution is -2.40. The van der Waals surface area contributed by atoms with E-state index in [0.717, 1.165) is 27.1 Å². The lowest BCUT2D eigenvalue weighted by molar-refractivity contribution is -0.647. The van der Waals surface area contributed by atoms with Crippen molar-refractivity contribution in [3.63, 3.8) is 0 Å². The summed E-state index contributed by atoms with van der Waals surface area (Å²) in [6.07, 6.45) is 1.76. The zero-order valence-corrected chi connectivity index (χ0v) is 40.0. The second-order valence-corrected chi connectivity index (χ2v) is 16.9. The van der Waals surface area contributed by atoms with Crippen molar-refractivity contribution in [2.75, 3.05) is 44.1 Å². The molecule has 1 aromatic heterocycles. The third-order valence-corrected chi connectivity index (χ3v) is 11.4. The molecule has 354 valence electrons. The highest BCUT2D eigenvalue weighted by molar-refractivity contribution is 7.84. The lowest BCUT2D eigenvalue weighted by atomic mass is 10.0. The Labute approximate surface area is 394 Å². The van der Waals surface area contributed by atoms with E-state index in [1.165, 1.54) is 42.3 Å². The highest BCUT2D eigenvalue weighted by Crippen LogP contribution is 2.33. The summed E-state index contributed by atoms with van der Waals surface area (Å²) < 4.78 is 50.8. The van der Waals surface area contributed by atoms with Gasteiger partial charge < -0.3 is 44.7 Å². The number of aliphatic imine (C=N–C) groups is 2. The summed E-state index contributed by atoms with van der Waals surface area (Å²) in [6.45, 7) is 20.1. The van der Waals surface area contributed by atoms with Crippen molar-refractivity contribution >= 4 is 84.6 Å². The number of aliphatic hydroxyl groups is 1. The summed E-state index contributed by atoms with van der Waals surface area (Å²) in [7, 11) is -1.31. The molecule has 0 aliphatic heterocycles. The average molecular weight is 954 g/mol. The number of methoxy groups -OCH3 is 2. The number of thiazole rings is 1. The Morgan fingerprint density at radius 2 is 1.58 bits per heavy atom. The van der Waals surface area contributed by atoms with Crippen molar-refractivity contribution in [1.82, 2.24) is 10.6 Å². The summed E-state index contributed by atoms with van der Waals surface area (Å²) in [5, 5.41) is 17.5. The number of ether oxygens (including phenoxy) is 3. The Kier molecular flexibility index (Phi) is 19.1. The number of ketones is 1. The minimum absolute atomic E-state index is 0.0237. The number of anilines is 2. The van der Waals surface area contributed by atoms with Crippen LogP contribution in [0.3, 0.4) is 0 Å². The van der Waals surface area contributed by atoms with E-state index in [-0.39, 0.29) is 23.7 Å². The zero-order chi connectivity index (χ0) is 49.4. The van der Waals surface area contributed by atoms with Crippen LogP contribution in [-0.2, 0) is 25.6 Å². The summed E-state index contributed by atoms with van der Waals surface area (Å²) in [5.41, 5.74) is 8.05. The maximum atomic E-state index is 13.3. The van der Waals surface area contributed by atoms with Crippen molar-refractivity contribution < 1.29 is 51.2 Å². The number of amides is 3. The molecule has 3 amide bonds. The summed E-state index contributed by atoms with van der Waals surface area (Å²) >= 11 is 1.33. The first-order valence-corrected chi connectivity index (χ1v) is 23.1. The molecule has 1 heterocycles. The van der Waals surface area contributed by atoms with Gasteiger partial charge >= 0.3 is 6.03 Å². The number of nitrogens with one attached hydrogen (secondary N) is 3. The van der Waals surface area contributed by atoms with Gasteiger partial charge in [0.2, 0.25) is 22.7 Å². The van der Waals surface area contributed by atoms with Gasteiger partial charge in [-0.3, -0.25) is 14.6 Å². The Balaban J connectivity index is 0.000000406. The Morgan fingerprint density at radius 3 is 2.18 bits per heavy atom. The van der Waals surface area contributed by atoms with Gasteiger partial charge in [-0.05, 0) is 107 Å². The van der Waals surface area contributed by atoms with Crippen LogP contribution in [0.4, 0.5) is 27.5 Å². The van der Waals surface area contributed by atoms with E-state index in [0.29, 0.717) is 52.9 Å². The predicted molar refractivity (Wildman–Crippen MR) is 262 cm³/mol. The second-order valence-electron chi connectivity index (χ2n) is 14.6. The largest absolute Gasteiger partial charge is 0.743 e. The third kappa shape index (κ3) is 14.7. The molecule has 0 spiro atoms. The van der Waals surface area contributed by atoms with Crippen LogP contribution in [0.5, 0.6) is 17.2 Å². The molecule has 67 heavy (non-hydrogen) atoms. The minimum atomic E-state index is -4.33. The van der Waals surface area contributed by atoms with Gasteiger partial charge in [-0.2, -0.15) is 4.57 Å². The molecule has 0 fully saturated rings. The molecule has 0 saturated carbocycles. The number of hydrogen-bond donors (Lipinski definition) is 4. The van der Waals surface area contributed by atoms with Crippen molar-refractivity contribution in [2.24, 2.45) is 9.98 Å². The SMILES string of the molecule is C=C.C=Nc1ccc(NC(=O)NC2=CC(=Nc3ccc(N(CC)CCO)cc3C)C(NC(=O)C(C)Oc3ccc(C)cc3C)=CC2=O)cc1.COc1cc2sc[n+](CS(=O)(=O)[O-])c2cc1OC. The fraction of sp³-hybridized carbons (Fsp3) is 0.250. The van der Waals surface area contributed by atoms with Crippen LogP contribution in [0.1, 0.15) is 30.5 Å². The van der Waals surface area contributed by atoms with E-state index in [1.54, 1.807) is 48.8 Å². The van der Waals surface area contributed by atoms with E-state index in [1.807, 2.05) is 69.0 Å². The fourth-order valence-electron chi connectivity index (χ4n) is 6.50. The van der Waals surface area contributed by atoms with Crippen molar-refractivity contribution in [3.05, 3.63) is 132 Å². The molecule has 1 atom stereocenters. The van der Waals surface area contributed by atoms with Gasteiger partial charge in [-0.15, -0.1) is 13.2 Å². The first kappa shape index (κ1) is 52.4. The van der Waals surface area contributed by atoms with Gasteiger partial charge in [0.25, 0.3) is 5.91 Å². The van der Waals surface area contributed by atoms with Crippen molar-refractivity contribution in [2.45, 2.75) is 46.6 Å².